The molecule has 0 spiro atoms. The maximum atomic E-state index is 9.07. The van der Waals surface area contributed by atoms with Crippen LogP contribution in [0.4, 0.5) is 0 Å². The van der Waals surface area contributed by atoms with Crippen LogP contribution in [0.1, 0.15) is 19.3 Å². The molecule has 1 N–H and O–H groups in total. The third-order valence-corrected chi connectivity index (χ3v) is 13.5. The molecule has 5 nitrogen and oxygen atoms in total. The minimum absolute atomic E-state index is 0.673. The molecule has 0 saturated heterocycles. The zero-order valence-electron chi connectivity index (χ0n) is 18.0. The normalized spacial score (nSPS) is 15.6. The van der Waals surface area contributed by atoms with E-state index in [2.05, 4.69) is 63.3 Å². The zero-order valence-corrected chi connectivity index (χ0v) is 21.0. The molecule has 27 heavy (non-hydrogen) atoms. The Labute approximate surface area is 168 Å². The summed E-state index contributed by atoms with van der Waals surface area (Å²) < 4.78 is 13.1. The van der Waals surface area contributed by atoms with Gasteiger partial charge in [-0.2, -0.15) is 10.5 Å². The molecule has 0 heterocycles. The average molecular weight is 422 g/mol. The maximum Gasteiger partial charge on any atom is 0.314 e. The minimum atomic E-state index is -2.18. The lowest BCUT2D eigenvalue weighted by atomic mass is 9.94. The van der Waals surface area contributed by atoms with Crippen LogP contribution in [-0.4, -0.2) is 31.7 Å². The van der Waals surface area contributed by atoms with E-state index in [4.69, 9.17) is 18.8 Å². The van der Waals surface area contributed by atoms with Gasteiger partial charge >= 0.3 is 8.56 Å². The van der Waals surface area contributed by atoms with Crippen LogP contribution in [-0.2, 0) is 8.23 Å². The fraction of sp³-hybridized carbons (Fsp3) is 0.684. The molecule has 1 aliphatic carbocycles. The SMILES string of the molecule is C[Si](C)(C)O[Si](C)(CCCNC1=CC(C(C#N)C#N)=CCC1)O[Si](C)(C)C. The fourth-order valence-corrected chi connectivity index (χ4v) is 15.9. The number of hydrogen-bond acceptors (Lipinski definition) is 5. The number of rotatable bonds is 10. The number of nitrogens with one attached hydrogen (secondary N) is 1. The summed E-state index contributed by atoms with van der Waals surface area (Å²) in [6.45, 7) is 16.4. The highest BCUT2D eigenvalue weighted by atomic mass is 28.5. The van der Waals surface area contributed by atoms with Crippen LogP contribution < -0.4 is 5.32 Å². The van der Waals surface area contributed by atoms with Crippen LogP contribution in [0.2, 0.25) is 51.9 Å². The molecule has 0 aromatic rings. The highest BCUT2D eigenvalue weighted by Gasteiger charge is 2.39. The van der Waals surface area contributed by atoms with Gasteiger partial charge < -0.3 is 13.5 Å². The van der Waals surface area contributed by atoms with Gasteiger partial charge in [0.15, 0.2) is 22.6 Å². The predicted octanol–water partition coefficient (Wildman–Crippen LogP) is 5.01. The molecule has 0 atom stereocenters. The Bertz CT molecular complexity index is 619. The van der Waals surface area contributed by atoms with Crippen molar-refractivity contribution < 1.29 is 8.23 Å². The van der Waals surface area contributed by atoms with Gasteiger partial charge in [0.25, 0.3) is 0 Å². The lowest BCUT2D eigenvalue weighted by Crippen LogP contribution is -2.52. The van der Waals surface area contributed by atoms with Crippen molar-refractivity contribution in [3.05, 3.63) is 23.4 Å². The van der Waals surface area contributed by atoms with Crippen LogP contribution in [0.25, 0.3) is 0 Å². The lowest BCUT2D eigenvalue weighted by Gasteiger charge is -2.38. The third kappa shape index (κ3) is 9.54. The van der Waals surface area contributed by atoms with Gasteiger partial charge in [0.1, 0.15) is 0 Å². The average Bonchev–Trinajstić information content (AvgIpc) is 2.49. The summed E-state index contributed by atoms with van der Waals surface area (Å²) in [6, 6.07) is 5.08. The van der Waals surface area contributed by atoms with Gasteiger partial charge in [0, 0.05) is 12.2 Å². The van der Waals surface area contributed by atoms with Crippen molar-refractivity contribution in [1.82, 2.24) is 5.32 Å². The van der Waals surface area contributed by atoms with Crippen molar-refractivity contribution in [3.8, 4) is 12.1 Å². The van der Waals surface area contributed by atoms with Crippen LogP contribution in [0, 0.1) is 28.6 Å². The largest absolute Gasteiger partial charge is 0.437 e. The smallest absolute Gasteiger partial charge is 0.314 e. The Morgan fingerprint density at radius 3 is 2.07 bits per heavy atom. The molecule has 1 rings (SSSR count). The number of allylic oxidation sites excluding steroid dienone is 4. The first kappa shape index (κ1) is 23.9. The van der Waals surface area contributed by atoms with Crippen molar-refractivity contribution in [2.45, 2.75) is 71.1 Å². The van der Waals surface area contributed by atoms with E-state index in [0.717, 1.165) is 43.1 Å². The molecule has 150 valence electrons. The van der Waals surface area contributed by atoms with Crippen LogP contribution >= 0.6 is 0 Å². The van der Waals surface area contributed by atoms with Gasteiger partial charge in [-0.05, 0) is 82.8 Å². The molecule has 1 aliphatic rings. The minimum Gasteiger partial charge on any atom is -0.437 e. The summed E-state index contributed by atoms with van der Waals surface area (Å²) >= 11 is 0. The Balaban J connectivity index is 2.62. The molecule has 0 aromatic carbocycles. The molecule has 0 radical (unpaired) electrons. The second kappa shape index (κ2) is 9.85. The number of nitrogens with zero attached hydrogens (tertiary/aromatic N) is 2. The molecule has 8 heteroatoms. The van der Waals surface area contributed by atoms with Crippen LogP contribution in [0.15, 0.2) is 23.4 Å². The first-order valence-electron chi connectivity index (χ1n) is 9.71. The maximum absolute atomic E-state index is 9.07. The van der Waals surface area contributed by atoms with Gasteiger partial charge in [-0.1, -0.05) is 6.08 Å². The van der Waals surface area contributed by atoms with Crippen LogP contribution in [0.5, 0.6) is 0 Å². The van der Waals surface area contributed by atoms with E-state index in [1.807, 2.05) is 12.2 Å². The molecular weight excluding hydrogens is 386 g/mol. The Hall–Kier alpha value is -1.17. The van der Waals surface area contributed by atoms with Crippen molar-refractivity contribution in [1.29, 1.82) is 10.5 Å². The molecular formula is C19H35N3O2Si3. The van der Waals surface area contributed by atoms with E-state index >= 15 is 0 Å². The second-order valence-corrected chi connectivity index (χ2v) is 22.0. The molecule has 0 fully saturated rings. The summed E-state index contributed by atoms with van der Waals surface area (Å²) in [5.41, 5.74) is 1.93. The first-order valence-corrected chi connectivity index (χ1v) is 19.1. The summed E-state index contributed by atoms with van der Waals surface area (Å²) in [5, 5.41) is 21.6. The molecule has 0 bridgehead atoms. The molecule has 0 amide bonds. The summed E-state index contributed by atoms with van der Waals surface area (Å²) in [7, 11) is -5.50. The summed E-state index contributed by atoms with van der Waals surface area (Å²) in [4.78, 5) is 0. The molecule has 0 aliphatic heterocycles. The highest BCUT2D eigenvalue weighted by Crippen LogP contribution is 2.26. The lowest BCUT2D eigenvalue weighted by molar-refractivity contribution is 0.381. The molecule has 0 saturated carbocycles. The predicted molar refractivity (Wildman–Crippen MR) is 118 cm³/mol. The van der Waals surface area contributed by atoms with Gasteiger partial charge in [-0.15, -0.1) is 0 Å². The second-order valence-electron chi connectivity index (χ2n) is 9.20. The Morgan fingerprint density at radius 2 is 1.59 bits per heavy atom. The quantitative estimate of drug-likeness (QED) is 0.396. The van der Waals surface area contributed by atoms with Crippen molar-refractivity contribution in [2.75, 3.05) is 6.54 Å². The number of hydrogen-bond donors (Lipinski definition) is 1. The number of nitriles is 2. The Morgan fingerprint density at radius 1 is 1.04 bits per heavy atom. The standard InChI is InChI=1S/C19H35N3O2Si3/c1-25(2,3)23-27(7,24-26(4,5)6)13-9-12-22-19-11-8-10-17(14-19)18(15-20)16-21/h10,14,18,22H,8-9,11-13H2,1-7H3. The zero-order chi connectivity index (χ0) is 20.7. The van der Waals surface area contributed by atoms with Gasteiger partial charge in [-0.3, -0.25) is 0 Å². The Kier molecular flexibility index (Phi) is 8.71. The van der Waals surface area contributed by atoms with E-state index in [-0.39, 0.29) is 0 Å². The van der Waals surface area contributed by atoms with E-state index in [1.54, 1.807) is 0 Å². The van der Waals surface area contributed by atoms with Crippen molar-refractivity contribution in [2.24, 2.45) is 5.92 Å². The van der Waals surface area contributed by atoms with E-state index in [9.17, 15) is 0 Å². The first-order chi connectivity index (χ1) is 12.4. The van der Waals surface area contributed by atoms with Gasteiger partial charge in [0.2, 0.25) is 0 Å². The monoisotopic (exact) mass is 421 g/mol. The van der Waals surface area contributed by atoms with E-state index < -0.39 is 31.1 Å². The summed E-state index contributed by atoms with van der Waals surface area (Å²) in [6.07, 6.45) is 6.76. The topological polar surface area (TPSA) is 78.1 Å². The van der Waals surface area contributed by atoms with E-state index in [0.29, 0.717) is 0 Å². The highest BCUT2D eigenvalue weighted by molar-refractivity contribution is 6.87. The van der Waals surface area contributed by atoms with Gasteiger partial charge in [-0.25, -0.2) is 0 Å². The molecule has 0 unspecified atom stereocenters. The van der Waals surface area contributed by atoms with Crippen LogP contribution in [0.3, 0.4) is 0 Å². The fourth-order valence-electron chi connectivity index (χ4n) is 3.32. The van der Waals surface area contributed by atoms with Gasteiger partial charge in [0.05, 0.1) is 12.1 Å². The van der Waals surface area contributed by atoms with Crippen molar-refractivity contribution in [3.63, 3.8) is 0 Å². The third-order valence-electron chi connectivity index (χ3n) is 3.93. The molecule has 0 aromatic heterocycles. The van der Waals surface area contributed by atoms with Crippen molar-refractivity contribution >= 4 is 25.2 Å². The summed E-state index contributed by atoms with van der Waals surface area (Å²) in [5.74, 6) is -0.673. The van der Waals surface area contributed by atoms with E-state index in [1.165, 1.54) is 0 Å².